The van der Waals surface area contributed by atoms with Crippen LogP contribution in [0.5, 0.6) is 5.75 Å². The van der Waals surface area contributed by atoms with Gasteiger partial charge in [-0.15, -0.1) is 11.3 Å². The van der Waals surface area contributed by atoms with E-state index in [1.54, 1.807) is 7.11 Å². The quantitative estimate of drug-likeness (QED) is 0.683. The third kappa shape index (κ3) is 4.09. The lowest BCUT2D eigenvalue weighted by atomic mass is 10.1. The van der Waals surface area contributed by atoms with Crippen LogP contribution in [0.3, 0.4) is 0 Å². The number of ether oxygens (including phenoxy) is 1. The number of hydrogen-bond donors (Lipinski definition) is 1. The standard InChI is InChI=1S/C17H22BrNOS/c1-4-10-19-15(5-2)17-9-8-16(21-17)13-11-12(20-3)6-7-14(13)18/h6-9,11,15,19H,4-5,10H2,1-3H3. The third-order valence-electron chi connectivity index (χ3n) is 3.46. The van der Waals surface area contributed by atoms with Gasteiger partial charge >= 0.3 is 0 Å². The van der Waals surface area contributed by atoms with Crippen LogP contribution in [0.2, 0.25) is 0 Å². The second kappa shape index (κ2) is 7.97. The van der Waals surface area contributed by atoms with Crippen molar-refractivity contribution in [1.29, 1.82) is 0 Å². The Hall–Kier alpha value is -0.840. The van der Waals surface area contributed by atoms with Crippen molar-refractivity contribution >= 4 is 27.3 Å². The van der Waals surface area contributed by atoms with Crippen LogP contribution >= 0.6 is 27.3 Å². The average Bonchev–Trinajstić information content (AvgIpc) is 2.98. The second-order valence-electron chi connectivity index (χ2n) is 4.96. The molecule has 1 aromatic heterocycles. The predicted molar refractivity (Wildman–Crippen MR) is 95.3 cm³/mol. The highest BCUT2D eigenvalue weighted by Gasteiger charge is 2.13. The highest BCUT2D eigenvalue weighted by Crippen LogP contribution is 2.38. The molecule has 0 aliphatic heterocycles. The van der Waals surface area contributed by atoms with Crippen molar-refractivity contribution in [3.8, 4) is 16.2 Å². The Labute approximate surface area is 139 Å². The Kier molecular flexibility index (Phi) is 6.27. The minimum absolute atomic E-state index is 0.452. The van der Waals surface area contributed by atoms with Crippen LogP contribution in [0.4, 0.5) is 0 Å². The SMILES string of the molecule is CCCNC(CC)c1ccc(-c2cc(OC)ccc2Br)s1. The van der Waals surface area contributed by atoms with E-state index in [4.69, 9.17) is 4.74 Å². The van der Waals surface area contributed by atoms with Gasteiger partial charge < -0.3 is 10.1 Å². The Balaban J connectivity index is 2.26. The molecule has 1 atom stereocenters. The first-order valence-corrected chi connectivity index (χ1v) is 8.97. The summed E-state index contributed by atoms with van der Waals surface area (Å²) >= 11 is 5.49. The fraction of sp³-hybridized carbons (Fsp3) is 0.412. The topological polar surface area (TPSA) is 21.3 Å². The zero-order valence-corrected chi connectivity index (χ0v) is 15.2. The van der Waals surface area contributed by atoms with Gasteiger partial charge in [0.25, 0.3) is 0 Å². The third-order valence-corrected chi connectivity index (χ3v) is 5.38. The maximum absolute atomic E-state index is 5.33. The molecule has 21 heavy (non-hydrogen) atoms. The summed E-state index contributed by atoms with van der Waals surface area (Å²) in [5.41, 5.74) is 1.19. The highest BCUT2D eigenvalue weighted by molar-refractivity contribution is 9.10. The number of hydrogen-bond acceptors (Lipinski definition) is 3. The molecule has 1 aromatic carbocycles. The van der Waals surface area contributed by atoms with E-state index < -0.39 is 0 Å². The van der Waals surface area contributed by atoms with Crippen molar-refractivity contribution in [1.82, 2.24) is 5.32 Å². The molecule has 1 heterocycles. The summed E-state index contributed by atoms with van der Waals surface area (Å²) in [6.07, 6.45) is 2.27. The van der Waals surface area contributed by atoms with Crippen molar-refractivity contribution in [3.63, 3.8) is 0 Å². The van der Waals surface area contributed by atoms with E-state index in [2.05, 4.69) is 53.3 Å². The average molecular weight is 368 g/mol. The minimum Gasteiger partial charge on any atom is -0.497 e. The van der Waals surface area contributed by atoms with E-state index >= 15 is 0 Å². The van der Waals surface area contributed by atoms with Gasteiger partial charge in [-0.2, -0.15) is 0 Å². The number of nitrogens with one attached hydrogen (secondary N) is 1. The van der Waals surface area contributed by atoms with Gasteiger partial charge in [-0.25, -0.2) is 0 Å². The lowest BCUT2D eigenvalue weighted by Crippen LogP contribution is -2.20. The summed E-state index contributed by atoms with van der Waals surface area (Å²) in [6.45, 7) is 5.50. The Morgan fingerprint density at radius 1 is 1.24 bits per heavy atom. The number of rotatable bonds is 7. The molecule has 1 unspecified atom stereocenters. The fourth-order valence-electron chi connectivity index (χ4n) is 2.27. The molecule has 1 N–H and O–H groups in total. The summed E-state index contributed by atoms with van der Waals surface area (Å²) in [7, 11) is 1.70. The molecule has 0 radical (unpaired) electrons. The molecule has 0 bridgehead atoms. The van der Waals surface area contributed by atoms with Crippen molar-refractivity contribution in [2.75, 3.05) is 13.7 Å². The fourth-order valence-corrected chi connectivity index (χ4v) is 4.06. The number of methoxy groups -OCH3 is 1. The van der Waals surface area contributed by atoms with Gasteiger partial charge in [0, 0.05) is 25.8 Å². The van der Waals surface area contributed by atoms with Gasteiger partial charge in [-0.1, -0.05) is 29.8 Å². The second-order valence-corrected chi connectivity index (χ2v) is 6.93. The lowest BCUT2D eigenvalue weighted by Gasteiger charge is -2.14. The van der Waals surface area contributed by atoms with E-state index in [1.807, 2.05) is 23.5 Å². The van der Waals surface area contributed by atoms with E-state index in [0.717, 1.165) is 29.6 Å². The largest absolute Gasteiger partial charge is 0.497 e. The lowest BCUT2D eigenvalue weighted by molar-refractivity contribution is 0.415. The van der Waals surface area contributed by atoms with Gasteiger partial charge in [0.15, 0.2) is 0 Å². The van der Waals surface area contributed by atoms with Gasteiger partial charge in [0.05, 0.1) is 7.11 Å². The van der Waals surface area contributed by atoms with Crippen LogP contribution in [-0.2, 0) is 0 Å². The van der Waals surface area contributed by atoms with E-state index in [9.17, 15) is 0 Å². The first kappa shape index (κ1) is 16.5. The van der Waals surface area contributed by atoms with E-state index in [-0.39, 0.29) is 0 Å². The molecule has 0 spiro atoms. The molecule has 2 nitrogen and oxygen atoms in total. The smallest absolute Gasteiger partial charge is 0.119 e. The Bertz CT molecular complexity index is 582. The zero-order valence-electron chi connectivity index (χ0n) is 12.8. The molecule has 0 saturated carbocycles. The van der Waals surface area contributed by atoms with Gasteiger partial charge in [-0.05, 0) is 49.7 Å². The predicted octanol–water partition coefficient (Wildman–Crippen LogP) is 5.64. The molecule has 0 aliphatic carbocycles. The summed E-state index contributed by atoms with van der Waals surface area (Å²) in [5, 5.41) is 3.61. The van der Waals surface area contributed by atoms with Crippen LogP contribution in [-0.4, -0.2) is 13.7 Å². The molecule has 0 saturated heterocycles. The van der Waals surface area contributed by atoms with Crippen LogP contribution in [0.15, 0.2) is 34.8 Å². The molecular weight excluding hydrogens is 346 g/mol. The molecule has 4 heteroatoms. The first-order chi connectivity index (χ1) is 10.2. The molecule has 0 amide bonds. The van der Waals surface area contributed by atoms with Crippen molar-refractivity contribution in [2.45, 2.75) is 32.7 Å². The normalized spacial score (nSPS) is 12.4. The zero-order chi connectivity index (χ0) is 15.2. The minimum atomic E-state index is 0.452. The molecule has 2 rings (SSSR count). The molecule has 0 aliphatic rings. The van der Waals surface area contributed by atoms with Gasteiger partial charge in [0.2, 0.25) is 0 Å². The number of halogens is 1. The van der Waals surface area contributed by atoms with Gasteiger partial charge in [0.1, 0.15) is 5.75 Å². The van der Waals surface area contributed by atoms with E-state index in [1.165, 1.54) is 15.3 Å². The maximum atomic E-state index is 5.33. The summed E-state index contributed by atoms with van der Waals surface area (Å²) in [4.78, 5) is 2.67. The monoisotopic (exact) mass is 367 g/mol. The molecule has 114 valence electrons. The molecular formula is C17H22BrNOS. The summed E-state index contributed by atoms with van der Waals surface area (Å²) in [6, 6.07) is 11.0. The van der Waals surface area contributed by atoms with Crippen molar-refractivity contribution < 1.29 is 4.74 Å². The Morgan fingerprint density at radius 2 is 2.05 bits per heavy atom. The number of thiophene rings is 1. The molecule has 0 fully saturated rings. The number of benzene rings is 1. The van der Waals surface area contributed by atoms with Crippen molar-refractivity contribution in [2.24, 2.45) is 0 Å². The maximum Gasteiger partial charge on any atom is 0.119 e. The summed E-state index contributed by atoms with van der Waals surface area (Å²) in [5.74, 6) is 0.888. The first-order valence-electron chi connectivity index (χ1n) is 7.36. The van der Waals surface area contributed by atoms with Gasteiger partial charge in [-0.3, -0.25) is 0 Å². The highest BCUT2D eigenvalue weighted by atomic mass is 79.9. The van der Waals surface area contributed by atoms with Crippen molar-refractivity contribution in [3.05, 3.63) is 39.7 Å². The van der Waals surface area contributed by atoms with Crippen LogP contribution in [0.25, 0.3) is 10.4 Å². The molecule has 2 aromatic rings. The van der Waals surface area contributed by atoms with E-state index in [0.29, 0.717) is 6.04 Å². The van der Waals surface area contributed by atoms with Crippen LogP contribution in [0.1, 0.15) is 37.6 Å². The van der Waals surface area contributed by atoms with Crippen LogP contribution in [0, 0.1) is 0 Å². The Morgan fingerprint density at radius 3 is 2.71 bits per heavy atom. The van der Waals surface area contributed by atoms with Crippen LogP contribution < -0.4 is 10.1 Å². The summed E-state index contributed by atoms with van der Waals surface area (Å²) < 4.78 is 6.43.